The molecule has 0 radical (unpaired) electrons. The lowest BCUT2D eigenvalue weighted by molar-refractivity contribution is 0.0674. The lowest BCUT2D eigenvalue weighted by atomic mass is 9.99. The number of amides is 1. The topological polar surface area (TPSA) is 37.4 Å². The van der Waals surface area contributed by atoms with Gasteiger partial charge in [-0.25, -0.2) is 0 Å². The fourth-order valence-electron chi connectivity index (χ4n) is 2.31. The van der Waals surface area contributed by atoms with Crippen LogP contribution in [0.5, 0.6) is 0 Å². The molecule has 0 saturated heterocycles. The van der Waals surface area contributed by atoms with Gasteiger partial charge in [0.15, 0.2) is 5.78 Å². The van der Waals surface area contributed by atoms with Gasteiger partial charge in [-0.1, -0.05) is 24.3 Å². The largest absolute Gasteiger partial charge is 0.332 e. The van der Waals surface area contributed by atoms with E-state index < -0.39 is 6.04 Å². The maximum atomic E-state index is 12.7. The van der Waals surface area contributed by atoms with Gasteiger partial charge in [0.1, 0.15) is 0 Å². The maximum absolute atomic E-state index is 12.7. The Balaban J connectivity index is 2.23. The summed E-state index contributed by atoms with van der Waals surface area (Å²) in [5, 5.41) is 0. The van der Waals surface area contributed by atoms with E-state index >= 15 is 0 Å². The van der Waals surface area contributed by atoms with E-state index in [1.807, 2.05) is 50.2 Å². The van der Waals surface area contributed by atoms with Crippen molar-refractivity contribution in [1.82, 2.24) is 4.90 Å². The first kappa shape index (κ1) is 17.4. The summed E-state index contributed by atoms with van der Waals surface area (Å²) in [6.07, 6.45) is 0. The number of aryl methyl sites for hydroxylation is 2. The van der Waals surface area contributed by atoms with Gasteiger partial charge in [-0.2, -0.15) is 0 Å². The van der Waals surface area contributed by atoms with Crippen molar-refractivity contribution in [3.8, 4) is 0 Å². The minimum Gasteiger partial charge on any atom is -0.332 e. The van der Waals surface area contributed by atoms with Gasteiger partial charge in [-0.15, -0.1) is 0 Å². The quantitative estimate of drug-likeness (QED) is 0.744. The van der Waals surface area contributed by atoms with Crippen molar-refractivity contribution in [2.45, 2.75) is 26.8 Å². The molecule has 0 aromatic heterocycles. The molecule has 2 aromatic carbocycles. The Bertz CT molecular complexity index is 755. The number of Topliss-reactive ketones (excluding diaryl/α,β-unsaturated/α-hetero) is 1. The molecule has 0 fully saturated rings. The molecule has 2 rings (SSSR count). The molecule has 0 aliphatic heterocycles. The molecule has 120 valence electrons. The van der Waals surface area contributed by atoms with Gasteiger partial charge >= 0.3 is 0 Å². The Morgan fingerprint density at radius 2 is 1.70 bits per heavy atom. The Kier molecular flexibility index (Phi) is 5.37. The van der Waals surface area contributed by atoms with Crippen molar-refractivity contribution in [1.29, 1.82) is 0 Å². The van der Waals surface area contributed by atoms with Gasteiger partial charge in [-0.05, 0) is 66.0 Å². The van der Waals surface area contributed by atoms with Crippen LogP contribution in [0, 0.1) is 13.8 Å². The van der Waals surface area contributed by atoms with Crippen molar-refractivity contribution in [2.24, 2.45) is 0 Å². The second-order valence-electron chi connectivity index (χ2n) is 5.74. The highest BCUT2D eigenvalue weighted by Crippen LogP contribution is 2.20. The SMILES string of the molecule is Cc1ccc(C(=O)C(C)N(C)C(=O)c2ccccc2Br)cc1C. The fraction of sp³-hybridized carbons (Fsp3) is 0.263. The van der Waals surface area contributed by atoms with E-state index in [1.54, 1.807) is 20.0 Å². The van der Waals surface area contributed by atoms with E-state index in [0.29, 0.717) is 11.1 Å². The summed E-state index contributed by atoms with van der Waals surface area (Å²) in [7, 11) is 1.66. The number of rotatable bonds is 4. The number of halogens is 1. The zero-order valence-electron chi connectivity index (χ0n) is 13.8. The number of benzene rings is 2. The Morgan fingerprint density at radius 1 is 1.04 bits per heavy atom. The van der Waals surface area contributed by atoms with Crippen LogP contribution in [0.4, 0.5) is 0 Å². The van der Waals surface area contributed by atoms with Crippen molar-refractivity contribution in [3.63, 3.8) is 0 Å². The number of carbonyl (C=O) groups is 2. The maximum Gasteiger partial charge on any atom is 0.255 e. The first-order valence-electron chi connectivity index (χ1n) is 7.46. The molecule has 0 N–H and O–H groups in total. The molecule has 4 heteroatoms. The molecule has 1 unspecified atom stereocenters. The van der Waals surface area contributed by atoms with Crippen LogP contribution in [0.3, 0.4) is 0 Å². The van der Waals surface area contributed by atoms with Gasteiger partial charge in [0, 0.05) is 17.1 Å². The minimum atomic E-state index is -0.531. The van der Waals surface area contributed by atoms with Crippen LogP contribution in [0.25, 0.3) is 0 Å². The van der Waals surface area contributed by atoms with Gasteiger partial charge < -0.3 is 4.90 Å². The number of carbonyl (C=O) groups excluding carboxylic acids is 2. The summed E-state index contributed by atoms with van der Waals surface area (Å²) in [5.41, 5.74) is 3.40. The predicted molar refractivity (Wildman–Crippen MR) is 95.9 cm³/mol. The summed E-state index contributed by atoms with van der Waals surface area (Å²) in [4.78, 5) is 26.8. The van der Waals surface area contributed by atoms with E-state index in [0.717, 1.165) is 15.6 Å². The summed E-state index contributed by atoms with van der Waals surface area (Å²) < 4.78 is 0.725. The number of ketones is 1. The summed E-state index contributed by atoms with van der Waals surface area (Å²) in [6, 6.07) is 12.3. The highest BCUT2D eigenvalue weighted by molar-refractivity contribution is 9.10. The molecule has 0 aliphatic rings. The Morgan fingerprint density at radius 3 is 2.30 bits per heavy atom. The second kappa shape index (κ2) is 7.09. The second-order valence-corrected chi connectivity index (χ2v) is 6.59. The van der Waals surface area contributed by atoms with Crippen LogP contribution in [0.15, 0.2) is 46.9 Å². The van der Waals surface area contributed by atoms with Gasteiger partial charge in [0.2, 0.25) is 0 Å². The van der Waals surface area contributed by atoms with Crippen molar-refractivity contribution in [3.05, 3.63) is 69.2 Å². The molecule has 0 heterocycles. The zero-order chi connectivity index (χ0) is 17.1. The molecule has 23 heavy (non-hydrogen) atoms. The van der Waals surface area contributed by atoms with Gasteiger partial charge in [-0.3, -0.25) is 9.59 Å². The van der Waals surface area contributed by atoms with E-state index in [2.05, 4.69) is 15.9 Å². The number of nitrogens with zero attached hydrogens (tertiary/aromatic N) is 1. The monoisotopic (exact) mass is 373 g/mol. The number of hydrogen-bond acceptors (Lipinski definition) is 2. The highest BCUT2D eigenvalue weighted by Gasteiger charge is 2.25. The number of hydrogen-bond donors (Lipinski definition) is 0. The van der Waals surface area contributed by atoms with Crippen LogP contribution in [0.2, 0.25) is 0 Å². The average Bonchev–Trinajstić information content (AvgIpc) is 2.55. The van der Waals surface area contributed by atoms with Crippen molar-refractivity contribution >= 4 is 27.6 Å². The van der Waals surface area contributed by atoms with Gasteiger partial charge in [0.05, 0.1) is 11.6 Å². The van der Waals surface area contributed by atoms with E-state index in [4.69, 9.17) is 0 Å². The standard InChI is InChI=1S/C19H20BrNO2/c1-12-9-10-15(11-13(12)2)18(22)14(3)21(4)19(23)16-7-5-6-8-17(16)20/h5-11,14H,1-4H3. The molecule has 3 nitrogen and oxygen atoms in total. The van der Waals surface area contributed by atoms with Crippen LogP contribution in [-0.4, -0.2) is 29.7 Å². The molecule has 1 atom stereocenters. The first-order valence-corrected chi connectivity index (χ1v) is 8.25. The van der Waals surface area contributed by atoms with Crippen molar-refractivity contribution < 1.29 is 9.59 Å². The van der Waals surface area contributed by atoms with E-state index in [1.165, 1.54) is 4.90 Å². The van der Waals surface area contributed by atoms with E-state index in [9.17, 15) is 9.59 Å². The third-order valence-electron chi connectivity index (χ3n) is 4.18. The van der Waals surface area contributed by atoms with Crippen LogP contribution in [-0.2, 0) is 0 Å². The van der Waals surface area contributed by atoms with E-state index in [-0.39, 0.29) is 11.7 Å². The van der Waals surface area contributed by atoms with Crippen LogP contribution in [0.1, 0.15) is 38.8 Å². The molecule has 0 saturated carbocycles. The minimum absolute atomic E-state index is 0.0593. The normalized spacial score (nSPS) is 11.9. The summed E-state index contributed by atoms with van der Waals surface area (Å²) in [5.74, 6) is -0.238. The molecule has 1 amide bonds. The predicted octanol–water partition coefficient (Wildman–Crippen LogP) is 4.41. The molecular weight excluding hydrogens is 354 g/mol. The third kappa shape index (κ3) is 3.70. The molecule has 2 aromatic rings. The Hall–Kier alpha value is -1.94. The lowest BCUT2D eigenvalue weighted by Crippen LogP contribution is -2.40. The van der Waals surface area contributed by atoms with Gasteiger partial charge in [0.25, 0.3) is 5.91 Å². The molecular formula is C19H20BrNO2. The molecule has 0 spiro atoms. The fourth-order valence-corrected chi connectivity index (χ4v) is 2.77. The molecule has 0 bridgehead atoms. The third-order valence-corrected chi connectivity index (χ3v) is 4.87. The van der Waals surface area contributed by atoms with Crippen LogP contribution >= 0.6 is 15.9 Å². The summed E-state index contributed by atoms with van der Waals surface area (Å²) in [6.45, 7) is 5.74. The Labute approximate surface area is 145 Å². The molecule has 0 aliphatic carbocycles. The highest BCUT2D eigenvalue weighted by atomic mass is 79.9. The first-order chi connectivity index (χ1) is 10.8. The zero-order valence-corrected chi connectivity index (χ0v) is 15.3. The van der Waals surface area contributed by atoms with Crippen LogP contribution < -0.4 is 0 Å². The lowest BCUT2D eigenvalue weighted by Gasteiger charge is -2.24. The number of likely N-dealkylation sites (N-methyl/N-ethyl adjacent to an activating group) is 1. The van der Waals surface area contributed by atoms with Crippen molar-refractivity contribution in [2.75, 3.05) is 7.05 Å². The smallest absolute Gasteiger partial charge is 0.255 e. The summed E-state index contributed by atoms with van der Waals surface area (Å²) >= 11 is 3.38. The average molecular weight is 374 g/mol.